The minimum absolute atomic E-state index is 0.0143. The number of aliphatic carboxylic acids is 1. The van der Waals surface area contributed by atoms with E-state index in [1.165, 1.54) is 25.7 Å². The Morgan fingerprint density at radius 1 is 0.732 bits per heavy atom. The Morgan fingerprint density at radius 3 is 1.85 bits per heavy atom. The zero-order chi connectivity index (χ0) is 29.8. The van der Waals surface area contributed by atoms with Crippen LogP contribution in [0.1, 0.15) is 101 Å². The maximum Gasteiger partial charge on any atom is 0.326 e. The number of hydrogen-bond acceptors (Lipinski definition) is 3. The van der Waals surface area contributed by atoms with Gasteiger partial charge >= 0.3 is 5.97 Å². The van der Waals surface area contributed by atoms with Crippen molar-refractivity contribution in [1.82, 2.24) is 10.6 Å². The maximum atomic E-state index is 12.2. The molecule has 0 aliphatic heterocycles. The fourth-order valence-electron chi connectivity index (χ4n) is 3.92. The van der Waals surface area contributed by atoms with E-state index in [4.69, 9.17) is 0 Å². The van der Waals surface area contributed by atoms with E-state index in [2.05, 4.69) is 72.2 Å². The number of amides is 2. The van der Waals surface area contributed by atoms with E-state index in [1.54, 1.807) is 30.3 Å². The summed E-state index contributed by atoms with van der Waals surface area (Å²) >= 11 is 0. The summed E-state index contributed by atoms with van der Waals surface area (Å²) in [6, 6.07) is 7.60. The second kappa shape index (κ2) is 25.3. The molecule has 1 aromatic rings. The molecule has 0 aliphatic rings. The molecule has 1 aromatic carbocycles. The molecule has 1 atom stereocenters. The Morgan fingerprint density at radius 2 is 1.29 bits per heavy atom. The third-order valence-corrected chi connectivity index (χ3v) is 6.32. The van der Waals surface area contributed by atoms with Crippen molar-refractivity contribution < 1.29 is 19.5 Å². The first-order valence-electron chi connectivity index (χ1n) is 15.1. The van der Waals surface area contributed by atoms with E-state index in [9.17, 15) is 19.5 Å². The highest BCUT2D eigenvalue weighted by molar-refractivity contribution is 5.96. The summed E-state index contributed by atoms with van der Waals surface area (Å²) in [6.45, 7) is 2.72. The predicted molar refractivity (Wildman–Crippen MR) is 170 cm³/mol. The standard InChI is InChI=1S/C35H50N2O4/c1-2-3-4-5-6-7-8-9-10-11-12-13-14-15-16-17-18-19-23-29-33(38)36-30-25-24-28-32(35(40)41)37-34(39)31-26-21-20-22-27-31/h6-7,9-10,12-13,15-16,18-22,26-27,32H,2-5,8,11,14,17,23-25,28-30H2,1H3,(H,36,38)(H,37,39)(H,40,41)/b7-6-,10-9-,13-12-,16-15-,19-18-. The topological polar surface area (TPSA) is 95.5 Å². The number of unbranched alkanes of at least 4 members (excludes halogenated alkanes) is 4. The number of allylic oxidation sites excluding steroid dienone is 10. The normalized spacial score (nSPS) is 12.7. The zero-order valence-electron chi connectivity index (χ0n) is 24.8. The first-order chi connectivity index (χ1) is 20.0. The van der Waals surface area contributed by atoms with Gasteiger partial charge in [-0.1, -0.05) is 98.7 Å². The largest absolute Gasteiger partial charge is 0.480 e. The second-order valence-electron chi connectivity index (χ2n) is 9.91. The van der Waals surface area contributed by atoms with E-state index in [-0.39, 0.29) is 5.91 Å². The molecule has 0 radical (unpaired) electrons. The Hall–Kier alpha value is -3.67. The van der Waals surface area contributed by atoms with Gasteiger partial charge in [-0.05, 0) is 76.3 Å². The molecule has 224 valence electrons. The lowest BCUT2D eigenvalue weighted by atomic mass is 10.1. The summed E-state index contributed by atoms with van der Waals surface area (Å²) in [5.41, 5.74) is 0.430. The number of carbonyl (C=O) groups excluding carboxylic acids is 2. The van der Waals surface area contributed by atoms with Crippen LogP contribution in [-0.2, 0) is 9.59 Å². The monoisotopic (exact) mass is 562 g/mol. The van der Waals surface area contributed by atoms with Crippen molar-refractivity contribution in [3.05, 3.63) is 96.7 Å². The van der Waals surface area contributed by atoms with Crippen molar-refractivity contribution in [2.24, 2.45) is 0 Å². The number of nitrogens with one attached hydrogen (secondary N) is 2. The van der Waals surface area contributed by atoms with Gasteiger partial charge in [-0.25, -0.2) is 4.79 Å². The Balaban J connectivity index is 2.03. The minimum Gasteiger partial charge on any atom is -0.480 e. The van der Waals surface area contributed by atoms with Crippen LogP contribution in [0.2, 0.25) is 0 Å². The summed E-state index contributed by atoms with van der Waals surface area (Å²) in [5, 5.41) is 14.8. The van der Waals surface area contributed by atoms with Crippen LogP contribution in [-0.4, -0.2) is 35.5 Å². The van der Waals surface area contributed by atoms with Crippen LogP contribution in [0.25, 0.3) is 0 Å². The van der Waals surface area contributed by atoms with Crippen molar-refractivity contribution in [2.45, 2.75) is 96.4 Å². The molecular weight excluding hydrogens is 512 g/mol. The Bertz CT molecular complexity index is 993. The lowest BCUT2D eigenvalue weighted by Gasteiger charge is -2.14. The average molecular weight is 563 g/mol. The number of carboxylic acid groups (broad SMARTS) is 1. The molecule has 6 heteroatoms. The van der Waals surface area contributed by atoms with E-state index in [0.717, 1.165) is 25.7 Å². The quantitative estimate of drug-likeness (QED) is 0.0934. The average Bonchev–Trinajstić information content (AvgIpc) is 2.97. The molecule has 0 bridgehead atoms. The smallest absolute Gasteiger partial charge is 0.326 e. The molecule has 6 nitrogen and oxygen atoms in total. The van der Waals surface area contributed by atoms with Gasteiger partial charge in [0.2, 0.25) is 5.91 Å². The zero-order valence-corrected chi connectivity index (χ0v) is 24.8. The Labute approximate surface area is 247 Å². The molecule has 2 amide bonds. The molecule has 1 rings (SSSR count). The number of hydrogen-bond donors (Lipinski definition) is 3. The van der Waals surface area contributed by atoms with Crippen molar-refractivity contribution >= 4 is 17.8 Å². The molecule has 41 heavy (non-hydrogen) atoms. The van der Waals surface area contributed by atoms with Crippen molar-refractivity contribution in [1.29, 1.82) is 0 Å². The van der Waals surface area contributed by atoms with Crippen molar-refractivity contribution in [3.8, 4) is 0 Å². The van der Waals surface area contributed by atoms with Gasteiger partial charge in [0.25, 0.3) is 5.91 Å². The van der Waals surface area contributed by atoms with Crippen LogP contribution in [0.4, 0.5) is 0 Å². The van der Waals surface area contributed by atoms with Crippen LogP contribution in [0, 0.1) is 0 Å². The Kier molecular flexibility index (Phi) is 21.8. The highest BCUT2D eigenvalue weighted by Gasteiger charge is 2.20. The fourth-order valence-corrected chi connectivity index (χ4v) is 3.92. The number of carbonyl (C=O) groups is 3. The van der Waals surface area contributed by atoms with Gasteiger partial charge in [0.15, 0.2) is 0 Å². The summed E-state index contributed by atoms with van der Waals surface area (Å²) in [6.07, 6.45) is 33.2. The molecule has 0 spiro atoms. The molecule has 0 heterocycles. The fraction of sp³-hybridized carbons (Fsp3) is 0.457. The van der Waals surface area contributed by atoms with Gasteiger partial charge in [0, 0.05) is 18.5 Å². The molecule has 0 aromatic heterocycles. The maximum absolute atomic E-state index is 12.2. The molecule has 0 aliphatic carbocycles. The molecule has 0 saturated carbocycles. The lowest BCUT2D eigenvalue weighted by molar-refractivity contribution is -0.139. The van der Waals surface area contributed by atoms with Gasteiger partial charge in [0.05, 0.1) is 0 Å². The van der Waals surface area contributed by atoms with Gasteiger partial charge < -0.3 is 15.7 Å². The molecule has 0 saturated heterocycles. The van der Waals surface area contributed by atoms with Crippen LogP contribution in [0.5, 0.6) is 0 Å². The van der Waals surface area contributed by atoms with Gasteiger partial charge in [-0.3, -0.25) is 9.59 Å². The van der Waals surface area contributed by atoms with Gasteiger partial charge in [-0.15, -0.1) is 0 Å². The van der Waals surface area contributed by atoms with E-state index in [1.807, 2.05) is 6.08 Å². The molecule has 1 unspecified atom stereocenters. The highest BCUT2D eigenvalue weighted by atomic mass is 16.4. The minimum atomic E-state index is -1.06. The second-order valence-corrected chi connectivity index (χ2v) is 9.91. The lowest BCUT2D eigenvalue weighted by Crippen LogP contribution is -2.40. The summed E-state index contributed by atoms with van der Waals surface area (Å²) < 4.78 is 0. The van der Waals surface area contributed by atoms with Crippen molar-refractivity contribution in [2.75, 3.05) is 6.54 Å². The van der Waals surface area contributed by atoms with Gasteiger partial charge in [0.1, 0.15) is 6.04 Å². The molecule has 0 fully saturated rings. The number of carboxylic acids is 1. The predicted octanol–water partition coefficient (Wildman–Crippen LogP) is 7.86. The number of benzene rings is 1. The molecule has 3 N–H and O–H groups in total. The van der Waals surface area contributed by atoms with Crippen LogP contribution in [0.3, 0.4) is 0 Å². The third-order valence-electron chi connectivity index (χ3n) is 6.32. The summed E-state index contributed by atoms with van der Waals surface area (Å²) in [4.78, 5) is 35.7. The van der Waals surface area contributed by atoms with Crippen LogP contribution < -0.4 is 10.6 Å². The first-order valence-corrected chi connectivity index (χ1v) is 15.1. The number of rotatable bonds is 23. The summed E-state index contributed by atoms with van der Waals surface area (Å²) in [5.74, 6) is -1.47. The van der Waals surface area contributed by atoms with Gasteiger partial charge in [-0.2, -0.15) is 0 Å². The highest BCUT2D eigenvalue weighted by Crippen LogP contribution is 2.05. The first kappa shape index (κ1) is 35.4. The van der Waals surface area contributed by atoms with Crippen LogP contribution >= 0.6 is 0 Å². The third kappa shape index (κ3) is 20.8. The SMILES string of the molecule is CCCCC/C=C\C/C=C\C/C=C\C/C=C\C/C=C\CCC(=O)NCCCCC(NC(=O)c1ccccc1)C(=O)O. The van der Waals surface area contributed by atoms with Crippen molar-refractivity contribution in [3.63, 3.8) is 0 Å². The van der Waals surface area contributed by atoms with E-state index >= 15 is 0 Å². The summed E-state index contributed by atoms with van der Waals surface area (Å²) in [7, 11) is 0. The van der Waals surface area contributed by atoms with E-state index in [0.29, 0.717) is 44.2 Å². The van der Waals surface area contributed by atoms with Crippen LogP contribution in [0.15, 0.2) is 91.1 Å². The molecular formula is C35H50N2O4. The van der Waals surface area contributed by atoms with E-state index < -0.39 is 17.9 Å².